The van der Waals surface area contributed by atoms with Crippen molar-refractivity contribution in [3.05, 3.63) is 0 Å². The van der Waals surface area contributed by atoms with Gasteiger partial charge in [-0.25, -0.2) is 0 Å². The van der Waals surface area contributed by atoms with Gasteiger partial charge in [0, 0.05) is 26.1 Å². The lowest BCUT2D eigenvalue weighted by Gasteiger charge is -2.38. The van der Waals surface area contributed by atoms with E-state index in [4.69, 9.17) is 4.74 Å². The van der Waals surface area contributed by atoms with Gasteiger partial charge in [-0.15, -0.1) is 0 Å². The van der Waals surface area contributed by atoms with E-state index in [2.05, 4.69) is 11.8 Å². The topological polar surface area (TPSA) is 49.9 Å². The Labute approximate surface area is 133 Å². The number of carbonyl (C=O) groups excluding carboxylic acids is 2. The largest absolute Gasteiger partial charge is 0.461 e. The Morgan fingerprint density at radius 2 is 1.86 bits per heavy atom. The van der Waals surface area contributed by atoms with E-state index in [0.29, 0.717) is 5.91 Å². The SMILES string of the molecule is CC1CCN(C(=O)[C@@H]2CCCN([C@@H]3C[C@@H](C)OC3=O)C2)CC1. The minimum absolute atomic E-state index is 0.0113. The molecule has 0 aromatic heterocycles. The summed E-state index contributed by atoms with van der Waals surface area (Å²) in [7, 11) is 0. The normalized spacial score (nSPS) is 34.7. The molecule has 3 heterocycles. The summed E-state index contributed by atoms with van der Waals surface area (Å²) in [6, 6.07) is -0.132. The minimum atomic E-state index is -0.132. The molecule has 0 unspecified atom stereocenters. The maximum atomic E-state index is 12.7. The summed E-state index contributed by atoms with van der Waals surface area (Å²) >= 11 is 0. The predicted octanol–water partition coefficient (Wildman–Crippen LogP) is 1.66. The van der Waals surface area contributed by atoms with Gasteiger partial charge in [-0.05, 0) is 45.1 Å². The number of hydrogen-bond donors (Lipinski definition) is 0. The summed E-state index contributed by atoms with van der Waals surface area (Å²) in [5, 5.41) is 0. The Morgan fingerprint density at radius 1 is 1.14 bits per heavy atom. The fourth-order valence-corrected chi connectivity index (χ4v) is 4.01. The predicted molar refractivity (Wildman–Crippen MR) is 83.2 cm³/mol. The molecule has 3 aliphatic rings. The molecule has 124 valence electrons. The third-order valence-corrected chi connectivity index (χ3v) is 5.48. The molecule has 3 aliphatic heterocycles. The fourth-order valence-electron chi connectivity index (χ4n) is 4.01. The molecule has 0 bridgehead atoms. The van der Waals surface area contributed by atoms with Crippen molar-refractivity contribution in [2.45, 2.75) is 58.1 Å². The third-order valence-electron chi connectivity index (χ3n) is 5.48. The molecule has 0 radical (unpaired) electrons. The summed E-state index contributed by atoms with van der Waals surface area (Å²) in [6.07, 6.45) is 4.97. The summed E-state index contributed by atoms with van der Waals surface area (Å²) in [4.78, 5) is 28.9. The van der Waals surface area contributed by atoms with Crippen molar-refractivity contribution >= 4 is 11.9 Å². The van der Waals surface area contributed by atoms with E-state index in [-0.39, 0.29) is 24.0 Å². The van der Waals surface area contributed by atoms with Gasteiger partial charge in [0.25, 0.3) is 0 Å². The number of carbonyl (C=O) groups is 2. The smallest absolute Gasteiger partial charge is 0.323 e. The summed E-state index contributed by atoms with van der Waals surface area (Å²) < 4.78 is 5.27. The van der Waals surface area contributed by atoms with Crippen LogP contribution >= 0.6 is 0 Å². The molecule has 3 fully saturated rings. The second-order valence-corrected chi connectivity index (χ2v) is 7.34. The van der Waals surface area contributed by atoms with Gasteiger partial charge >= 0.3 is 5.97 Å². The fraction of sp³-hybridized carbons (Fsp3) is 0.882. The van der Waals surface area contributed by atoms with Crippen LogP contribution < -0.4 is 0 Å². The zero-order chi connectivity index (χ0) is 15.7. The van der Waals surface area contributed by atoms with Crippen LogP contribution in [-0.4, -0.2) is 60.0 Å². The van der Waals surface area contributed by atoms with Crippen LogP contribution in [0, 0.1) is 11.8 Å². The van der Waals surface area contributed by atoms with E-state index < -0.39 is 0 Å². The quantitative estimate of drug-likeness (QED) is 0.728. The van der Waals surface area contributed by atoms with Gasteiger partial charge in [0.1, 0.15) is 12.1 Å². The van der Waals surface area contributed by atoms with Crippen LogP contribution in [0.15, 0.2) is 0 Å². The maximum Gasteiger partial charge on any atom is 0.323 e. The molecule has 0 saturated carbocycles. The highest BCUT2D eigenvalue weighted by atomic mass is 16.6. The zero-order valence-electron chi connectivity index (χ0n) is 13.8. The van der Waals surface area contributed by atoms with Crippen LogP contribution in [-0.2, 0) is 14.3 Å². The van der Waals surface area contributed by atoms with Gasteiger partial charge in [-0.1, -0.05) is 6.92 Å². The molecule has 1 amide bonds. The van der Waals surface area contributed by atoms with Crippen molar-refractivity contribution in [1.82, 2.24) is 9.80 Å². The van der Waals surface area contributed by atoms with E-state index in [1.807, 2.05) is 11.8 Å². The molecule has 22 heavy (non-hydrogen) atoms. The number of piperidine rings is 2. The molecule has 5 nitrogen and oxygen atoms in total. The molecule has 0 N–H and O–H groups in total. The van der Waals surface area contributed by atoms with Crippen molar-refractivity contribution in [2.75, 3.05) is 26.2 Å². The van der Waals surface area contributed by atoms with Gasteiger partial charge in [0.15, 0.2) is 0 Å². The second-order valence-electron chi connectivity index (χ2n) is 7.34. The van der Waals surface area contributed by atoms with E-state index in [0.717, 1.165) is 64.2 Å². The Hall–Kier alpha value is -1.10. The first kappa shape index (κ1) is 15.8. The molecule has 0 aliphatic carbocycles. The van der Waals surface area contributed by atoms with Gasteiger partial charge in [0.05, 0.1) is 5.92 Å². The van der Waals surface area contributed by atoms with E-state index in [9.17, 15) is 9.59 Å². The minimum Gasteiger partial charge on any atom is -0.461 e. The monoisotopic (exact) mass is 308 g/mol. The lowest BCUT2D eigenvalue weighted by atomic mass is 9.92. The first-order chi connectivity index (χ1) is 10.5. The van der Waals surface area contributed by atoms with Crippen LogP contribution in [0.2, 0.25) is 0 Å². The highest BCUT2D eigenvalue weighted by molar-refractivity contribution is 5.80. The number of likely N-dealkylation sites (tertiary alicyclic amines) is 2. The number of hydrogen-bond acceptors (Lipinski definition) is 4. The van der Waals surface area contributed by atoms with Gasteiger partial charge in [-0.3, -0.25) is 14.5 Å². The second kappa shape index (κ2) is 6.57. The van der Waals surface area contributed by atoms with Crippen molar-refractivity contribution in [2.24, 2.45) is 11.8 Å². The molecule has 3 saturated heterocycles. The molecular weight excluding hydrogens is 280 g/mol. The average Bonchev–Trinajstić information content (AvgIpc) is 2.86. The van der Waals surface area contributed by atoms with Crippen molar-refractivity contribution < 1.29 is 14.3 Å². The van der Waals surface area contributed by atoms with Crippen molar-refractivity contribution in [3.8, 4) is 0 Å². The number of rotatable bonds is 2. The molecule has 3 rings (SSSR count). The number of esters is 1. The van der Waals surface area contributed by atoms with E-state index >= 15 is 0 Å². The highest BCUT2D eigenvalue weighted by Crippen LogP contribution is 2.27. The summed E-state index contributed by atoms with van der Waals surface area (Å²) in [5.41, 5.74) is 0. The molecule has 0 aromatic rings. The van der Waals surface area contributed by atoms with Crippen LogP contribution in [0.4, 0.5) is 0 Å². The highest BCUT2D eigenvalue weighted by Gasteiger charge is 2.40. The Balaban J connectivity index is 1.58. The Bertz CT molecular complexity index is 432. The van der Waals surface area contributed by atoms with Crippen molar-refractivity contribution in [3.63, 3.8) is 0 Å². The Kier molecular flexibility index (Phi) is 4.71. The van der Waals surface area contributed by atoms with Gasteiger partial charge in [0.2, 0.25) is 5.91 Å². The van der Waals surface area contributed by atoms with Crippen molar-refractivity contribution in [1.29, 1.82) is 0 Å². The molecule has 5 heteroatoms. The standard InChI is InChI=1S/C17H28N2O3/c1-12-5-8-18(9-6-12)16(20)14-4-3-7-19(11-14)15-10-13(2)22-17(15)21/h12-15H,3-11H2,1-2H3/t13-,14-,15-/m1/s1. The average molecular weight is 308 g/mol. The zero-order valence-corrected chi connectivity index (χ0v) is 13.8. The van der Waals surface area contributed by atoms with Crippen LogP contribution in [0.5, 0.6) is 0 Å². The van der Waals surface area contributed by atoms with Gasteiger partial charge in [-0.2, -0.15) is 0 Å². The lowest BCUT2D eigenvalue weighted by molar-refractivity contribution is -0.147. The van der Waals surface area contributed by atoms with E-state index in [1.54, 1.807) is 0 Å². The first-order valence-electron chi connectivity index (χ1n) is 8.78. The van der Waals surface area contributed by atoms with Crippen LogP contribution in [0.25, 0.3) is 0 Å². The number of nitrogens with zero attached hydrogens (tertiary/aromatic N) is 2. The summed E-state index contributed by atoms with van der Waals surface area (Å²) in [6.45, 7) is 7.64. The molecule has 0 spiro atoms. The molecule has 0 aromatic carbocycles. The number of ether oxygens (including phenoxy) is 1. The lowest BCUT2D eigenvalue weighted by Crippen LogP contribution is -2.50. The van der Waals surface area contributed by atoms with Crippen LogP contribution in [0.3, 0.4) is 0 Å². The molecule has 3 atom stereocenters. The third kappa shape index (κ3) is 3.29. The Morgan fingerprint density at radius 3 is 2.50 bits per heavy atom. The number of cyclic esters (lactones) is 1. The van der Waals surface area contributed by atoms with Crippen LogP contribution in [0.1, 0.15) is 46.0 Å². The molecular formula is C17H28N2O3. The first-order valence-corrected chi connectivity index (χ1v) is 8.78. The van der Waals surface area contributed by atoms with Gasteiger partial charge < -0.3 is 9.64 Å². The van der Waals surface area contributed by atoms with E-state index in [1.165, 1.54) is 0 Å². The maximum absolute atomic E-state index is 12.7. The number of amides is 1. The summed E-state index contributed by atoms with van der Waals surface area (Å²) in [5.74, 6) is 0.996.